The van der Waals surface area contributed by atoms with Crippen molar-refractivity contribution in [3.05, 3.63) is 54.1 Å². The van der Waals surface area contributed by atoms with Crippen molar-refractivity contribution in [2.45, 2.75) is 48.3 Å². The van der Waals surface area contributed by atoms with Crippen molar-refractivity contribution in [1.82, 2.24) is 13.9 Å². The summed E-state index contributed by atoms with van der Waals surface area (Å²) >= 11 is 0. The van der Waals surface area contributed by atoms with Gasteiger partial charge in [-0.2, -0.15) is 8.61 Å². The van der Waals surface area contributed by atoms with Gasteiger partial charge in [0.2, 0.25) is 20.0 Å². The molecule has 0 radical (unpaired) electrons. The molecule has 2 saturated heterocycles. The van der Waals surface area contributed by atoms with Crippen LogP contribution >= 0.6 is 0 Å². The highest BCUT2D eigenvalue weighted by Gasteiger charge is 2.27. The van der Waals surface area contributed by atoms with Gasteiger partial charge < -0.3 is 10.1 Å². The van der Waals surface area contributed by atoms with Crippen LogP contribution in [0.4, 0.5) is 0 Å². The summed E-state index contributed by atoms with van der Waals surface area (Å²) in [5, 5.41) is 2.78. The van der Waals surface area contributed by atoms with Crippen LogP contribution in [0.2, 0.25) is 0 Å². The van der Waals surface area contributed by atoms with Crippen molar-refractivity contribution in [2.75, 3.05) is 39.3 Å². The highest BCUT2D eigenvalue weighted by molar-refractivity contribution is 7.89. The zero-order valence-corrected chi connectivity index (χ0v) is 21.9. The quantitative estimate of drug-likeness (QED) is 0.500. The number of nitrogens with one attached hydrogen (secondary N) is 1. The van der Waals surface area contributed by atoms with Crippen LogP contribution in [0, 0.1) is 0 Å². The van der Waals surface area contributed by atoms with Gasteiger partial charge in [-0.15, -0.1) is 0 Å². The molecular weight excluding hydrogens is 502 g/mol. The molecule has 196 valence electrons. The van der Waals surface area contributed by atoms with Crippen molar-refractivity contribution in [3.8, 4) is 5.75 Å². The topological polar surface area (TPSA) is 113 Å². The van der Waals surface area contributed by atoms with E-state index in [-0.39, 0.29) is 17.4 Å². The lowest BCUT2D eigenvalue weighted by atomic mass is 10.1. The maximum atomic E-state index is 12.7. The van der Waals surface area contributed by atoms with Gasteiger partial charge in [0.15, 0.2) is 6.61 Å². The molecular formula is C25H33N3O6S2. The van der Waals surface area contributed by atoms with Crippen LogP contribution in [0.3, 0.4) is 0 Å². The average Bonchev–Trinajstić information content (AvgIpc) is 3.45. The van der Waals surface area contributed by atoms with E-state index in [0.717, 1.165) is 37.7 Å². The fraction of sp³-hybridized carbons (Fsp3) is 0.480. The number of rotatable bonds is 10. The predicted octanol–water partition coefficient (Wildman–Crippen LogP) is 2.38. The maximum Gasteiger partial charge on any atom is 0.257 e. The first-order valence-corrected chi connectivity index (χ1v) is 15.2. The minimum atomic E-state index is -3.50. The Morgan fingerprint density at radius 1 is 0.722 bits per heavy atom. The molecule has 1 N–H and O–H groups in total. The van der Waals surface area contributed by atoms with Crippen molar-refractivity contribution in [2.24, 2.45) is 0 Å². The molecule has 9 nitrogen and oxygen atoms in total. The van der Waals surface area contributed by atoms with E-state index >= 15 is 0 Å². The number of piperidine rings is 1. The van der Waals surface area contributed by atoms with Crippen LogP contribution in [-0.4, -0.2) is 70.7 Å². The first-order valence-electron chi connectivity index (χ1n) is 12.4. The summed E-state index contributed by atoms with van der Waals surface area (Å²) < 4.78 is 59.2. The number of sulfonamides is 2. The number of amides is 1. The smallest absolute Gasteiger partial charge is 0.257 e. The summed E-state index contributed by atoms with van der Waals surface area (Å²) in [6.45, 7) is 2.42. The number of hydrogen-bond acceptors (Lipinski definition) is 6. The van der Waals surface area contributed by atoms with Crippen LogP contribution in [0.1, 0.15) is 37.7 Å². The van der Waals surface area contributed by atoms with Crippen molar-refractivity contribution < 1.29 is 26.4 Å². The van der Waals surface area contributed by atoms with Gasteiger partial charge in [0, 0.05) is 32.7 Å². The van der Waals surface area contributed by atoms with Gasteiger partial charge in [-0.1, -0.05) is 18.6 Å². The molecule has 0 aliphatic carbocycles. The number of carbonyl (C=O) groups is 1. The molecule has 2 fully saturated rings. The molecule has 2 aliphatic rings. The first-order chi connectivity index (χ1) is 17.3. The van der Waals surface area contributed by atoms with Gasteiger partial charge in [0.05, 0.1) is 9.79 Å². The summed E-state index contributed by atoms with van der Waals surface area (Å²) in [4.78, 5) is 12.7. The number of benzene rings is 2. The normalized spacial score (nSPS) is 17.7. The van der Waals surface area contributed by atoms with E-state index in [1.807, 2.05) is 0 Å². The number of carbonyl (C=O) groups excluding carboxylic acids is 1. The predicted molar refractivity (Wildman–Crippen MR) is 136 cm³/mol. The molecule has 2 heterocycles. The third kappa shape index (κ3) is 6.44. The Balaban J connectivity index is 1.20. The summed E-state index contributed by atoms with van der Waals surface area (Å²) in [6.07, 6.45) is 5.15. The van der Waals surface area contributed by atoms with E-state index in [9.17, 15) is 21.6 Å². The van der Waals surface area contributed by atoms with Gasteiger partial charge in [-0.05, 0) is 74.1 Å². The monoisotopic (exact) mass is 535 g/mol. The number of ether oxygens (including phenoxy) is 1. The molecule has 0 atom stereocenters. The lowest BCUT2D eigenvalue weighted by Gasteiger charge is -2.25. The molecule has 0 unspecified atom stereocenters. The molecule has 2 aliphatic heterocycles. The van der Waals surface area contributed by atoms with Gasteiger partial charge in [0.25, 0.3) is 5.91 Å². The molecule has 36 heavy (non-hydrogen) atoms. The Hall–Kier alpha value is -2.47. The number of nitrogens with zero attached hydrogens (tertiary/aromatic N) is 2. The lowest BCUT2D eigenvalue weighted by Crippen LogP contribution is -2.35. The molecule has 2 aromatic carbocycles. The summed E-state index contributed by atoms with van der Waals surface area (Å²) in [5.74, 6) is 0.116. The van der Waals surface area contributed by atoms with E-state index in [4.69, 9.17) is 4.74 Å². The van der Waals surface area contributed by atoms with E-state index in [1.54, 1.807) is 36.4 Å². The lowest BCUT2D eigenvalue weighted by molar-refractivity contribution is -0.123. The van der Waals surface area contributed by atoms with Crippen LogP contribution in [0.25, 0.3) is 0 Å². The zero-order chi connectivity index (χ0) is 25.6. The van der Waals surface area contributed by atoms with E-state index in [1.165, 1.54) is 20.7 Å². The Morgan fingerprint density at radius 3 is 1.72 bits per heavy atom. The minimum Gasteiger partial charge on any atom is -0.484 e. The summed E-state index contributed by atoms with van der Waals surface area (Å²) in [5.41, 5.74) is 0.919. The van der Waals surface area contributed by atoms with Crippen LogP contribution in [-0.2, 0) is 31.3 Å². The maximum absolute atomic E-state index is 12.7. The molecule has 0 aromatic heterocycles. The van der Waals surface area contributed by atoms with E-state index in [2.05, 4.69) is 5.32 Å². The minimum absolute atomic E-state index is 0.189. The van der Waals surface area contributed by atoms with Gasteiger partial charge in [-0.3, -0.25) is 4.79 Å². The van der Waals surface area contributed by atoms with Gasteiger partial charge >= 0.3 is 0 Å². The fourth-order valence-electron chi connectivity index (χ4n) is 4.41. The molecule has 0 saturated carbocycles. The van der Waals surface area contributed by atoms with E-state index in [0.29, 0.717) is 49.8 Å². The second-order valence-corrected chi connectivity index (χ2v) is 13.0. The standard InChI is InChI=1S/C25H33N3O6S2/c29-25(20-34-22-8-12-24(13-9-22)36(32,33)27-16-2-1-3-17-27)26-15-14-21-6-10-23(11-7-21)35(30,31)28-18-4-5-19-28/h6-13H,1-5,14-20H2,(H,26,29). The van der Waals surface area contributed by atoms with Gasteiger partial charge in [-0.25, -0.2) is 16.8 Å². The molecule has 11 heteroatoms. The van der Waals surface area contributed by atoms with Crippen LogP contribution in [0.5, 0.6) is 5.75 Å². The average molecular weight is 536 g/mol. The summed E-state index contributed by atoms with van der Waals surface area (Å²) in [7, 11) is -6.93. The molecule has 0 spiro atoms. The van der Waals surface area contributed by atoms with E-state index < -0.39 is 20.0 Å². The van der Waals surface area contributed by atoms with Crippen LogP contribution < -0.4 is 10.1 Å². The fourth-order valence-corrected chi connectivity index (χ4v) is 7.45. The van der Waals surface area contributed by atoms with Crippen molar-refractivity contribution in [3.63, 3.8) is 0 Å². The van der Waals surface area contributed by atoms with Gasteiger partial charge in [0.1, 0.15) is 5.75 Å². The largest absolute Gasteiger partial charge is 0.484 e. The zero-order valence-electron chi connectivity index (χ0n) is 20.3. The second-order valence-electron chi connectivity index (χ2n) is 9.08. The third-order valence-electron chi connectivity index (χ3n) is 6.51. The van der Waals surface area contributed by atoms with Crippen molar-refractivity contribution >= 4 is 26.0 Å². The first kappa shape index (κ1) is 26.6. The Labute approximate surface area is 213 Å². The highest BCUT2D eigenvalue weighted by atomic mass is 32.2. The van der Waals surface area contributed by atoms with Crippen LogP contribution in [0.15, 0.2) is 58.3 Å². The van der Waals surface area contributed by atoms with Crippen molar-refractivity contribution in [1.29, 1.82) is 0 Å². The molecule has 0 bridgehead atoms. The Kier molecular flexibility index (Phi) is 8.66. The Morgan fingerprint density at radius 2 is 1.19 bits per heavy atom. The molecule has 2 aromatic rings. The Bertz CT molecular complexity index is 1230. The second kappa shape index (κ2) is 11.7. The SMILES string of the molecule is O=C(COc1ccc(S(=O)(=O)N2CCCCC2)cc1)NCCc1ccc(S(=O)(=O)N2CCCC2)cc1. The highest BCUT2D eigenvalue weighted by Crippen LogP contribution is 2.23. The number of hydrogen-bond donors (Lipinski definition) is 1. The summed E-state index contributed by atoms with van der Waals surface area (Å²) in [6, 6.07) is 12.9. The third-order valence-corrected chi connectivity index (χ3v) is 10.3. The molecule has 1 amide bonds. The molecule has 4 rings (SSSR count).